The fraction of sp³-hybridized carbons (Fsp3) is 0.704. The summed E-state index contributed by atoms with van der Waals surface area (Å²) in [5.41, 5.74) is 0.991. The van der Waals surface area contributed by atoms with E-state index in [1.54, 1.807) is 0 Å². The van der Waals surface area contributed by atoms with Crippen LogP contribution in [0.5, 0.6) is 0 Å². The van der Waals surface area contributed by atoms with Gasteiger partial charge in [-0.15, -0.1) is 0 Å². The van der Waals surface area contributed by atoms with Gasteiger partial charge < -0.3 is 19.7 Å². The zero-order valence-corrected chi connectivity index (χ0v) is 34.2. The maximum atomic E-state index is 13.3. The first kappa shape index (κ1) is 48.7. The summed E-state index contributed by atoms with van der Waals surface area (Å²) in [6.45, 7) is -2.44. The molecular weight excluding hydrogens is 824 g/mol. The van der Waals surface area contributed by atoms with Gasteiger partial charge in [-0.05, 0) is 37.7 Å². The van der Waals surface area contributed by atoms with Gasteiger partial charge in [0.25, 0.3) is 0 Å². The van der Waals surface area contributed by atoms with Crippen LogP contribution < -0.4 is 34.9 Å². The molecule has 0 unspecified atom stereocenters. The van der Waals surface area contributed by atoms with Gasteiger partial charge in [0.1, 0.15) is 18.3 Å². The number of carbonyl (C=O) groups is 2. The zero-order chi connectivity index (χ0) is 39.5. The Morgan fingerprint density at radius 3 is 1.93 bits per heavy atom. The van der Waals surface area contributed by atoms with E-state index in [-0.39, 0.29) is 61.5 Å². The van der Waals surface area contributed by atoms with E-state index in [2.05, 4.69) is 22.0 Å². The molecule has 2 aliphatic rings. The van der Waals surface area contributed by atoms with Crippen molar-refractivity contribution in [2.75, 3.05) is 26.3 Å². The maximum absolute atomic E-state index is 13.3. The van der Waals surface area contributed by atoms with Crippen molar-refractivity contribution in [3.05, 3.63) is 35.9 Å². The van der Waals surface area contributed by atoms with E-state index in [0.717, 1.165) is 37.7 Å². The first-order valence-electron chi connectivity index (χ1n) is 16.1. The number of nitrogens with zero attached hydrogens (tertiary/aromatic N) is 1. The van der Waals surface area contributed by atoms with Crippen LogP contribution in [0.15, 0.2) is 30.3 Å². The molecule has 1 saturated carbocycles. The molecular formula is C27H42N2NaO20S4+. The Hall–Kier alpha value is -1.44. The summed E-state index contributed by atoms with van der Waals surface area (Å²) in [6.07, 6.45) is -7.00. The predicted molar refractivity (Wildman–Crippen MR) is 177 cm³/mol. The van der Waals surface area contributed by atoms with E-state index >= 15 is 0 Å². The van der Waals surface area contributed by atoms with Crippen molar-refractivity contribution in [1.29, 1.82) is 0 Å². The van der Waals surface area contributed by atoms with Crippen LogP contribution in [-0.2, 0) is 83.8 Å². The van der Waals surface area contributed by atoms with Crippen molar-refractivity contribution in [3.63, 3.8) is 0 Å². The molecule has 0 bridgehead atoms. The van der Waals surface area contributed by atoms with E-state index in [0.29, 0.717) is 12.8 Å². The van der Waals surface area contributed by atoms with Crippen LogP contribution in [0.1, 0.15) is 56.9 Å². The average Bonchev–Trinajstić information content (AvgIpc) is 3.03. The average molecular weight is 866 g/mol. The SMILES string of the molecule is O=C(CN(CCCO[C@H]1O[C@H](COS(=O)(=O)O)[C@@H](OS(=O)(=O)O)[C@H](OS(=O)(=O)O)[C@@H]1OS(=O)(=O)O)C(=O)CCCc1ccccc1)NC1CCCCC1.[Na+]. The van der Waals surface area contributed by atoms with Crippen LogP contribution in [0.25, 0.3) is 0 Å². The Bertz CT molecular complexity index is 1790. The topological polar surface area (TPSA) is 322 Å². The summed E-state index contributed by atoms with van der Waals surface area (Å²) in [5.74, 6) is -0.807. The van der Waals surface area contributed by atoms with E-state index in [4.69, 9.17) is 14.0 Å². The predicted octanol–water partition coefficient (Wildman–Crippen LogP) is -3.19. The largest absolute Gasteiger partial charge is 1.00 e. The van der Waals surface area contributed by atoms with Gasteiger partial charge in [-0.25, -0.2) is 16.7 Å². The normalized spacial score (nSPS) is 22.9. The molecule has 1 heterocycles. The maximum Gasteiger partial charge on any atom is 1.00 e. The molecule has 0 aromatic heterocycles. The van der Waals surface area contributed by atoms with E-state index in [1.807, 2.05) is 30.3 Å². The summed E-state index contributed by atoms with van der Waals surface area (Å²) < 4.78 is 158. The quantitative estimate of drug-likeness (QED) is 0.0462. The number of amides is 2. The number of aryl methyl sites for hydroxylation is 1. The molecule has 2 fully saturated rings. The third-order valence-electron chi connectivity index (χ3n) is 7.88. The van der Waals surface area contributed by atoms with Crippen molar-refractivity contribution in [2.24, 2.45) is 0 Å². The molecule has 2 amide bonds. The molecule has 27 heteroatoms. The summed E-state index contributed by atoms with van der Waals surface area (Å²) in [5, 5.41) is 2.92. The number of carbonyl (C=O) groups excluding carboxylic acids is 2. The molecule has 3 rings (SSSR count). The number of ether oxygens (including phenoxy) is 2. The van der Waals surface area contributed by atoms with Crippen LogP contribution in [-0.4, -0.2) is 132 Å². The Balaban J connectivity index is 0.0000101. The fourth-order valence-corrected chi connectivity index (χ4v) is 7.54. The van der Waals surface area contributed by atoms with Gasteiger partial charge in [-0.2, -0.15) is 33.7 Å². The van der Waals surface area contributed by atoms with Crippen molar-refractivity contribution >= 4 is 53.4 Å². The molecule has 0 radical (unpaired) electrons. The van der Waals surface area contributed by atoms with Crippen LogP contribution in [0.2, 0.25) is 0 Å². The minimum absolute atomic E-state index is 0. The summed E-state index contributed by atoms with van der Waals surface area (Å²) in [6, 6.07) is 9.28. The van der Waals surface area contributed by atoms with Gasteiger partial charge in [-0.3, -0.25) is 27.8 Å². The Kier molecular flexibility index (Phi) is 19.8. The van der Waals surface area contributed by atoms with E-state index in [9.17, 15) is 56.9 Å². The molecule has 1 aliphatic heterocycles. The first-order chi connectivity index (χ1) is 24.6. The number of nitrogens with one attached hydrogen (secondary N) is 1. The van der Waals surface area contributed by atoms with Crippen LogP contribution >= 0.6 is 0 Å². The minimum Gasteiger partial charge on any atom is -0.352 e. The van der Waals surface area contributed by atoms with Crippen LogP contribution in [0.4, 0.5) is 0 Å². The summed E-state index contributed by atoms with van der Waals surface area (Å²) >= 11 is 0. The second kappa shape index (κ2) is 21.9. The Labute approximate surface area is 335 Å². The van der Waals surface area contributed by atoms with Gasteiger partial charge in [-0.1, -0.05) is 49.6 Å². The van der Waals surface area contributed by atoms with Crippen molar-refractivity contribution < 1.29 is 117 Å². The number of hydrogen-bond donors (Lipinski definition) is 5. The minimum atomic E-state index is -5.70. The second-order valence-electron chi connectivity index (χ2n) is 12.0. The molecule has 304 valence electrons. The number of benzene rings is 1. The second-order valence-corrected chi connectivity index (χ2v) is 16.2. The third kappa shape index (κ3) is 19.1. The molecule has 54 heavy (non-hydrogen) atoms. The summed E-state index contributed by atoms with van der Waals surface area (Å²) in [7, 11) is -22.3. The molecule has 5 N–H and O–H groups in total. The number of hydrogen-bond acceptors (Lipinski definition) is 16. The molecule has 1 aromatic rings. The van der Waals surface area contributed by atoms with Gasteiger partial charge >= 0.3 is 71.2 Å². The van der Waals surface area contributed by atoms with Crippen LogP contribution in [0, 0.1) is 0 Å². The van der Waals surface area contributed by atoms with Gasteiger partial charge in [0.15, 0.2) is 12.4 Å². The smallest absolute Gasteiger partial charge is 0.352 e. The first-order valence-corrected chi connectivity index (χ1v) is 21.5. The van der Waals surface area contributed by atoms with Gasteiger partial charge in [0.2, 0.25) is 11.8 Å². The molecule has 0 spiro atoms. The van der Waals surface area contributed by atoms with Crippen LogP contribution in [0.3, 0.4) is 0 Å². The molecule has 22 nitrogen and oxygen atoms in total. The zero-order valence-electron chi connectivity index (χ0n) is 28.9. The molecule has 1 saturated heterocycles. The van der Waals surface area contributed by atoms with Gasteiger partial charge in [0.05, 0.1) is 19.8 Å². The Morgan fingerprint density at radius 1 is 0.778 bits per heavy atom. The van der Waals surface area contributed by atoms with E-state index < -0.39 is 97.3 Å². The van der Waals surface area contributed by atoms with Gasteiger partial charge in [0, 0.05) is 19.0 Å². The molecule has 5 atom stereocenters. The van der Waals surface area contributed by atoms with Crippen molar-refractivity contribution in [3.8, 4) is 0 Å². The fourth-order valence-electron chi connectivity index (χ4n) is 5.74. The molecule has 1 aliphatic carbocycles. The summed E-state index contributed by atoms with van der Waals surface area (Å²) in [4.78, 5) is 27.5. The van der Waals surface area contributed by atoms with Crippen molar-refractivity contribution in [1.82, 2.24) is 10.2 Å². The van der Waals surface area contributed by atoms with E-state index in [1.165, 1.54) is 4.90 Å². The third-order valence-corrected chi connectivity index (χ3v) is 9.71. The molecule has 1 aromatic carbocycles. The standard InChI is InChI=1S/C27H42N2O20S4.Na/c30-22(28-20-12-5-2-6-13-20)17-29(23(31)14-7-11-19-9-3-1-4-10-19)15-8-16-44-27-26(49-53(41,42)43)25(48-52(38,39)40)24(47-51(35,36)37)21(46-27)18-45-50(32,33)34;/h1,3-4,9-10,20-21,24-27H,2,5-8,11-18H2,(H,28,30)(H,32,33,34)(H,35,36,37)(H,38,39,40)(H,41,42,43);/q;+1/t21-,24-,25+,26+,27+;/m1./s1. The van der Waals surface area contributed by atoms with Crippen molar-refractivity contribution in [2.45, 2.75) is 94.5 Å². The number of rotatable bonds is 21. The Morgan fingerprint density at radius 2 is 1.35 bits per heavy atom. The monoisotopic (exact) mass is 865 g/mol.